The van der Waals surface area contributed by atoms with Gasteiger partial charge in [-0.1, -0.05) is 30.3 Å². The highest BCUT2D eigenvalue weighted by Crippen LogP contribution is 2.19. The van der Waals surface area contributed by atoms with Crippen molar-refractivity contribution >= 4 is 11.7 Å². The van der Waals surface area contributed by atoms with Gasteiger partial charge in [0.15, 0.2) is 5.78 Å². The van der Waals surface area contributed by atoms with Gasteiger partial charge in [0.1, 0.15) is 11.6 Å². The van der Waals surface area contributed by atoms with Gasteiger partial charge in [-0.2, -0.15) is 0 Å². The molecule has 154 valence electrons. The number of nitrogens with zero attached hydrogens (tertiary/aromatic N) is 1. The topological polar surface area (TPSA) is 49.4 Å². The van der Waals surface area contributed by atoms with E-state index in [9.17, 15) is 18.4 Å². The van der Waals surface area contributed by atoms with Gasteiger partial charge in [0, 0.05) is 17.7 Å². The summed E-state index contributed by atoms with van der Waals surface area (Å²) in [6.45, 7) is 0.231. The van der Waals surface area contributed by atoms with Crippen molar-refractivity contribution in [1.29, 1.82) is 0 Å². The van der Waals surface area contributed by atoms with E-state index in [-0.39, 0.29) is 35.3 Å². The molecule has 0 aliphatic heterocycles. The first kappa shape index (κ1) is 21.3. The summed E-state index contributed by atoms with van der Waals surface area (Å²) < 4.78 is 26.8. The number of amides is 1. The van der Waals surface area contributed by atoms with Gasteiger partial charge in [-0.25, -0.2) is 8.78 Å². The SMILES string of the molecule is CN(C)[C@@H](CNC(=O)c1ccccc1C(=O)c1ccc(F)cc1)c1cccc(F)c1. The number of carbonyl (C=O) groups excluding carboxylic acids is 2. The predicted octanol–water partition coefficient (Wildman–Crippen LogP) is 4.23. The molecule has 3 aromatic rings. The monoisotopic (exact) mass is 408 g/mol. The lowest BCUT2D eigenvalue weighted by Crippen LogP contribution is -2.35. The Labute approximate surface area is 174 Å². The normalized spacial score (nSPS) is 11.9. The average molecular weight is 408 g/mol. The van der Waals surface area contributed by atoms with E-state index in [4.69, 9.17) is 0 Å². The molecule has 0 aromatic heterocycles. The standard InChI is InChI=1S/C24H22F2N2O2/c1-28(2)22(17-6-5-7-19(26)14-17)15-27-24(30)21-9-4-3-8-20(21)23(29)16-10-12-18(25)13-11-16/h3-14,22H,15H2,1-2H3,(H,27,30)/t22-/m0/s1. The number of hydrogen-bond donors (Lipinski definition) is 1. The fourth-order valence-corrected chi connectivity index (χ4v) is 3.23. The minimum Gasteiger partial charge on any atom is -0.350 e. The lowest BCUT2D eigenvalue weighted by atomic mass is 9.97. The van der Waals surface area contributed by atoms with Gasteiger partial charge in [0.2, 0.25) is 0 Å². The second-order valence-corrected chi connectivity index (χ2v) is 7.13. The van der Waals surface area contributed by atoms with Gasteiger partial charge in [-0.3, -0.25) is 9.59 Å². The van der Waals surface area contributed by atoms with Crippen LogP contribution in [-0.2, 0) is 0 Å². The van der Waals surface area contributed by atoms with Gasteiger partial charge in [-0.15, -0.1) is 0 Å². The van der Waals surface area contributed by atoms with Gasteiger partial charge < -0.3 is 10.2 Å². The third-order valence-corrected chi connectivity index (χ3v) is 4.84. The molecule has 1 atom stereocenters. The zero-order chi connectivity index (χ0) is 21.7. The molecule has 0 saturated carbocycles. The van der Waals surface area contributed by atoms with Crippen molar-refractivity contribution in [1.82, 2.24) is 10.2 Å². The van der Waals surface area contributed by atoms with E-state index in [0.29, 0.717) is 5.56 Å². The lowest BCUT2D eigenvalue weighted by Gasteiger charge is -2.25. The second kappa shape index (κ2) is 9.41. The zero-order valence-corrected chi connectivity index (χ0v) is 16.7. The Balaban J connectivity index is 1.80. The van der Waals surface area contributed by atoms with Crippen molar-refractivity contribution in [2.75, 3.05) is 20.6 Å². The number of ketones is 1. The molecule has 6 heteroatoms. The molecule has 0 saturated heterocycles. The Kier molecular flexibility index (Phi) is 6.69. The fraction of sp³-hybridized carbons (Fsp3) is 0.167. The molecule has 3 rings (SSSR count). The van der Waals surface area contributed by atoms with E-state index in [2.05, 4.69) is 5.32 Å². The van der Waals surface area contributed by atoms with Gasteiger partial charge in [0.05, 0.1) is 11.6 Å². The molecule has 0 fully saturated rings. The molecule has 0 aliphatic carbocycles. The van der Waals surface area contributed by atoms with E-state index < -0.39 is 11.7 Å². The maximum atomic E-state index is 13.6. The second-order valence-electron chi connectivity index (χ2n) is 7.13. The van der Waals surface area contributed by atoms with Crippen LogP contribution >= 0.6 is 0 Å². The molecule has 1 N–H and O–H groups in total. The highest BCUT2D eigenvalue weighted by Gasteiger charge is 2.20. The summed E-state index contributed by atoms with van der Waals surface area (Å²) in [5.41, 5.74) is 1.48. The van der Waals surface area contributed by atoms with Gasteiger partial charge in [0.25, 0.3) is 5.91 Å². The fourth-order valence-electron chi connectivity index (χ4n) is 3.23. The number of carbonyl (C=O) groups is 2. The molecule has 0 aliphatic rings. The van der Waals surface area contributed by atoms with Gasteiger partial charge in [-0.05, 0) is 62.1 Å². The van der Waals surface area contributed by atoms with Crippen LogP contribution in [0.15, 0.2) is 72.8 Å². The molecule has 0 heterocycles. The first-order chi connectivity index (χ1) is 14.4. The van der Waals surface area contributed by atoms with Crippen LogP contribution in [0.25, 0.3) is 0 Å². The summed E-state index contributed by atoms with van der Waals surface area (Å²) in [6, 6.07) is 17.6. The first-order valence-corrected chi connectivity index (χ1v) is 9.46. The van der Waals surface area contributed by atoms with Crippen molar-refractivity contribution in [2.45, 2.75) is 6.04 Å². The summed E-state index contributed by atoms with van der Waals surface area (Å²) >= 11 is 0. The first-order valence-electron chi connectivity index (χ1n) is 9.46. The molecule has 30 heavy (non-hydrogen) atoms. The predicted molar refractivity (Wildman–Crippen MR) is 111 cm³/mol. The minimum absolute atomic E-state index is 0.226. The van der Waals surface area contributed by atoms with Crippen LogP contribution in [0, 0.1) is 11.6 Å². The van der Waals surface area contributed by atoms with Crippen LogP contribution in [0.2, 0.25) is 0 Å². The van der Waals surface area contributed by atoms with Crippen molar-refractivity contribution in [2.24, 2.45) is 0 Å². The number of likely N-dealkylation sites (N-methyl/N-ethyl adjacent to an activating group) is 1. The third kappa shape index (κ3) is 4.96. The van der Waals surface area contributed by atoms with Crippen LogP contribution < -0.4 is 5.32 Å². The number of hydrogen-bond acceptors (Lipinski definition) is 3. The van der Waals surface area contributed by atoms with Crippen molar-refractivity contribution in [3.05, 3.63) is 107 Å². The summed E-state index contributed by atoms with van der Waals surface area (Å²) in [5.74, 6) is -1.56. The molecule has 0 bridgehead atoms. The zero-order valence-electron chi connectivity index (χ0n) is 16.7. The third-order valence-electron chi connectivity index (χ3n) is 4.84. The largest absolute Gasteiger partial charge is 0.350 e. The van der Waals surface area contributed by atoms with Crippen LogP contribution in [0.1, 0.15) is 37.9 Å². The van der Waals surface area contributed by atoms with Crippen molar-refractivity contribution in [3.63, 3.8) is 0 Å². The molecule has 3 aromatic carbocycles. The molecular formula is C24H22F2N2O2. The molecule has 0 unspecified atom stereocenters. The highest BCUT2D eigenvalue weighted by molar-refractivity contribution is 6.15. The van der Waals surface area contributed by atoms with E-state index >= 15 is 0 Å². The van der Waals surface area contributed by atoms with Crippen LogP contribution in [-0.4, -0.2) is 37.2 Å². The maximum Gasteiger partial charge on any atom is 0.252 e. The average Bonchev–Trinajstić information content (AvgIpc) is 2.73. The molecule has 0 spiro atoms. The summed E-state index contributed by atoms with van der Waals surface area (Å²) in [6.07, 6.45) is 0. The minimum atomic E-state index is -0.440. The highest BCUT2D eigenvalue weighted by atomic mass is 19.1. The summed E-state index contributed by atoms with van der Waals surface area (Å²) in [5, 5.41) is 2.84. The quantitative estimate of drug-likeness (QED) is 0.596. The number of benzene rings is 3. The smallest absolute Gasteiger partial charge is 0.252 e. The molecule has 1 amide bonds. The van der Waals surface area contributed by atoms with E-state index in [1.54, 1.807) is 36.4 Å². The number of rotatable bonds is 7. The Morgan fingerprint density at radius 1 is 0.867 bits per heavy atom. The molecule has 4 nitrogen and oxygen atoms in total. The number of nitrogens with one attached hydrogen (secondary N) is 1. The van der Waals surface area contributed by atoms with Gasteiger partial charge >= 0.3 is 0 Å². The summed E-state index contributed by atoms with van der Waals surface area (Å²) in [7, 11) is 3.68. The Bertz CT molecular complexity index is 1050. The van der Waals surface area contributed by atoms with Crippen molar-refractivity contribution in [3.8, 4) is 0 Å². The summed E-state index contributed by atoms with van der Waals surface area (Å²) in [4.78, 5) is 27.6. The van der Waals surface area contributed by atoms with Crippen LogP contribution in [0.3, 0.4) is 0 Å². The lowest BCUT2D eigenvalue weighted by molar-refractivity contribution is 0.0931. The van der Waals surface area contributed by atoms with E-state index in [1.165, 1.54) is 36.4 Å². The van der Waals surface area contributed by atoms with Crippen molar-refractivity contribution < 1.29 is 18.4 Å². The maximum absolute atomic E-state index is 13.6. The molecular weight excluding hydrogens is 386 g/mol. The van der Waals surface area contributed by atoms with Crippen LogP contribution in [0.4, 0.5) is 8.78 Å². The van der Waals surface area contributed by atoms with Crippen LogP contribution in [0.5, 0.6) is 0 Å². The Hall–Kier alpha value is -3.38. The van der Waals surface area contributed by atoms with E-state index in [0.717, 1.165) is 5.56 Å². The number of halogens is 2. The Morgan fingerprint density at radius 2 is 1.53 bits per heavy atom. The Morgan fingerprint density at radius 3 is 2.17 bits per heavy atom. The van der Waals surface area contributed by atoms with E-state index in [1.807, 2.05) is 19.0 Å². The molecule has 0 radical (unpaired) electrons.